The first kappa shape index (κ1) is 61.6. The van der Waals surface area contributed by atoms with E-state index in [4.69, 9.17) is 24.9 Å². The molecule has 10 heteroatoms. The molecule has 108 heavy (non-hydrogen) atoms. The van der Waals surface area contributed by atoms with Crippen molar-refractivity contribution >= 4 is 161 Å². The van der Waals surface area contributed by atoms with Crippen LogP contribution in [0.3, 0.4) is 0 Å². The van der Waals surface area contributed by atoms with E-state index in [2.05, 4.69) is 342 Å². The lowest BCUT2D eigenvalue weighted by Crippen LogP contribution is -1.98. The van der Waals surface area contributed by atoms with Gasteiger partial charge >= 0.3 is 0 Å². The van der Waals surface area contributed by atoms with Crippen LogP contribution in [0.25, 0.3) is 217 Å². The topological polar surface area (TPSA) is 87.2 Å². The molecule has 0 fully saturated rings. The molecular formula is C98H58N8S2. The number of fused-ring (bicyclic) bond motifs is 23. The normalized spacial score (nSPS) is 11.9. The zero-order valence-electron chi connectivity index (χ0n) is 57.9. The molecule has 0 spiro atoms. The zero-order valence-corrected chi connectivity index (χ0v) is 59.5. The van der Waals surface area contributed by atoms with Gasteiger partial charge in [-0.05, 0) is 154 Å². The van der Waals surface area contributed by atoms with E-state index >= 15 is 0 Å². The number of aromatic nitrogens is 8. The highest BCUT2D eigenvalue weighted by Gasteiger charge is 2.25. The fourth-order valence-electron chi connectivity index (χ4n) is 16.6. The van der Waals surface area contributed by atoms with E-state index < -0.39 is 0 Å². The number of hydrogen-bond acceptors (Lipinski definition) is 8. The number of thiophene rings is 2. The number of rotatable bonds is 8. The van der Waals surface area contributed by atoms with Crippen molar-refractivity contribution in [3.63, 3.8) is 0 Å². The van der Waals surface area contributed by atoms with Gasteiger partial charge in [-0.3, -0.25) is 0 Å². The summed E-state index contributed by atoms with van der Waals surface area (Å²) in [5, 5.41) is 19.7. The van der Waals surface area contributed by atoms with Gasteiger partial charge in [0.2, 0.25) is 0 Å². The molecule has 23 rings (SSSR count). The number of pyridine rings is 2. The van der Waals surface area contributed by atoms with Gasteiger partial charge in [-0.25, -0.2) is 29.9 Å². The highest BCUT2D eigenvalue weighted by Crippen LogP contribution is 2.51. The smallest absolute Gasteiger partial charge is 0.163 e. The summed E-state index contributed by atoms with van der Waals surface area (Å²) in [5.74, 6) is 1.29. The van der Waals surface area contributed by atoms with E-state index in [9.17, 15) is 0 Å². The van der Waals surface area contributed by atoms with Gasteiger partial charge in [0.25, 0.3) is 0 Å². The molecule has 15 aromatic carbocycles. The molecule has 502 valence electrons. The maximum Gasteiger partial charge on any atom is 0.163 e. The molecular weight excluding hydrogens is 1350 g/mol. The first-order valence-corrected chi connectivity index (χ1v) is 37.9. The number of para-hydroxylation sites is 2. The fraction of sp³-hybridized carbons (Fsp3) is 0. The summed E-state index contributed by atoms with van der Waals surface area (Å²) in [6, 6.07) is 121. The largest absolute Gasteiger partial charge is 0.309 e. The number of nitrogens with zero attached hydrogens (tertiary/aromatic N) is 8. The van der Waals surface area contributed by atoms with Crippen LogP contribution in [-0.4, -0.2) is 39.0 Å². The molecule has 0 saturated carbocycles. The molecule has 8 heterocycles. The second-order valence-corrected chi connectivity index (χ2v) is 29.7. The Morgan fingerprint density at radius 1 is 0.231 bits per heavy atom. The minimum atomic E-state index is 0.637. The second-order valence-electron chi connectivity index (χ2n) is 27.6. The second kappa shape index (κ2) is 24.9. The van der Waals surface area contributed by atoms with Crippen LogP contribution in [0.5, 0.6) is 0 Å². The Hall–Kier alpha value is -13.9. The Bertz CT molecular complexity index is 7550. The molecule has 0 aliphatic rings. The van der Waals surface area contributed by atoms with Crippen LogP contribution in [0.15, 0.2) is 352 Å². The molecule has 8 aromatic heterocycles. The van der Waals surface area contributed by atoms with Crippen molar-refractivity contribution in [3.05, 3.63) is 352 Å². The first-order chi connectivity index (χ1) is 53.6. The SMILES string of the molecule is c1ccc(-c2cc(-c3ccccc3)cc(-c3nc(-c4ccc(-n5c6ccccc6c6c7c8ccccc8sc7c7ccccc7c65)cc4)nc4ncccc34)c2)cc1.c1ccc2cc(-c3nc(-c4ccc(-n5c6ccccc6c6c7c8ccccc8sc7c7ccccc7c65)cc4)nc4ncccc34)ccc2c1. The molecule has 0 radical (unpaired) electrons. The summed E-state index contributed by atoms with van der Waals surface area (Å²) >= 11 is 3.78. The van der Waals surface area contributed by atoms with Crippen molar-refractivity contribution in [1.29, 1.82) is 0 Å². The third-order valence-electron chi connectivity index (χ3n) is 21.4. The van der Waals surface area contributed by atoms with Crippen molar-refractivity contribution in [3.8, 4) is 78.9 Å². The Morgan fingerprint density at radius 3 is 1.10 bits per heavy atom. The van der Waals surface area contributed by atoms with Crippen molar-refractivity contribution in [1.82, 2.24) is 39.0 Å². The Morgan fingerprint density at radius 2 is 0.611 bits per heavy atom. The zero-order chi connectivity index (χ0) is 70.9. The molecule has 8 nitrogen and oxygen atoms in total. The van der Waals surface area contributed by atoms with Gasteiger partial charge < -0.3 is 9.13 Å². The van der Waals surface area contributed by atoms with E-state index in [-0.39, 0.29) is 0 Å². The standard InChI is InChI=1S/C53H32N4S.C45H26N4S/c1-3-14-33(15-4-1)36-30-37(34-16-5-2-6-17-34)32-38(31-36)49-44-22-13-29-54-53(44)56-52(55-49)35-25-27-39(28-26-35)57-45-23-11-9-20-42(45)47-48-43-21-10-12-24-46(43)58-51(48)41-19-8-7-18-40(41)50(47)57;1-2-11-29-26-30(20-19-27(29)10-1)41-36-16-9-25-46-45(36)48-44(47-41)28-21-23-31(24-22-28)49-37-17-7-5-14-34(37)39-40-35-15-6-8-18-38(35)50-43(40)33-13-4-3-12-32(33)42(39)49/h1-32H;1-26H. The fourth-order valence-corrected chi connectivity index (χ4v) is 19.1. The highest BCUT2D eigenvalue weighted by atomic mass is 32.1. The molecule has 0 aliphatic heterocycles. The summed E-state index contributed by atoms with van der Waals surface area (Å²) < 4.78 is 10.2. The molecule has 0 atom stereocenters. The van der Waals surface area contributed by atoms with E-state index in [0.29, 0.717) is 22.9 Å². The van der Waals surface area contributed by atoms with Crippen LogP contribution in [0.4, 0.5) is 0 Å². The quantitative estimate of drug-likeness (QED) is 0.151. The summed E-state index contributed by atoms with van der Waals surface area (Å²) in [6.45, 7) is 0. The van der Waals surface area contributed by atoms with E-state index in [0.717, 1.165) is 78.0 Å². The number of hydrogen-bond donors (Lipinski definition) is 0. The average molecular weight is 1410 g/mol. The average Bonchev–Trinajstić information content (AvgIpc) is 1.52. The first-order valence-electron chi connectivity index (χ1n) is 36.3. The summed E-state index contributed by atoms with van der Waals surface area (Å²) in [4.78, 5) is 30.0. The maximum absolute atomic E-state index is 5.34. The molecule has 23 aromatic rings. The minimum absolute atomic E-state index is 0.637. The van der Waals surface area contributed by atoms with Gasteiger partial charge in [-0.15, -0.1) is 22.7 Å². The van der Waals surface area contributed by atoms with Gasteiger partial charge in [-0.1, -0.05) is 218 Å². The summed E-state index contributed by atoms with van der Waals surface area (Å²) in [6.07, 6.45) is 3.61. The van der Waals surface area contributed by atoms with Crippen LogP contribution >= 0.6 is 22.7 Å². The van der Waals surface area contributed by atoms with E-state index in [1.54, 1.807) is 6.20 Å². The molecule has 0 amide bonds. The lowest BCUT2D eigenvalue weighted by atomic mass is 9.94. The Labute approximate surface area is 626 Å². The van der Waals surface area contributed by atoms with Crippen molar-refractivity contribution in [2.75, 3.05) is 0 Å². The van der Waals surface area contributed by atoms with Crippen LogP contribution in [0.1, 0.15) is 0 Å². The summed E-state index contributed by atoms with van der Waals surface area (Å²) in [7, 11) is 0. The lowest BCUT2D eigenvalue weighted by molar-refractivity contribution is 1.17. The van der Waals surface area contributed by atoms with Gasteiger partial charge in [0.05, 0.1) is 33.5 Å². The molecule has 0 aliphatic carbocycles. The number of benzene rings is 15. The lowest BCUT2D eigenvalue weighted by Gasteiger charge is -2.14. The molecule has 0 saturated heterocycles. The maximum atomic E-state index is 5.34. The van der Waals surface area contributed by atoms with E-state index in [1.807, 2.05) is 41.0 Å². The Kier molecular flexibility index (Phi) is 14.2. The van der Waals surface area contributed by atoms with Gasteiger partial charge in [0, 0.05) is 140 Å². The predicted molar refractivity (Wildman–Crippen MR) is 454 cm³/mol. The summed E-state index contributed by atoms with van der Waals surface area (Å²) in [5.41, 5.74) is 18.6. The van der Waals surface area contributed by atoms with Crippen LogP contribution in [0.2, 0.25) is 0 Å². The minimum Gasteiger partial charge on any atom is -0.309 e. The monoisotopic (exact) mass is 1410 g/mol. The molecule has 0 bridgehead atoms. The third kappa shape index (κ3) is 9.88. The molecule has 0 unspecified atom stereocenters. The highest BCUT2D eigenvalue weighted by molar-refractivity contribution is 7.27. The van der Waals surface area contributed by atoms with Gasteiger partial charge in [-0.2, -0.15) is 0 Å². The Balaban J connectivity index is 0.000000135. The van der Waals surface area contributed by atoms with Crippen LogP contribution < -0.4 is 0 Å². The van der Waals surface area contributed by atoms with Crippen LogP contribution in [-0.2, 0) is 0 Å². The molecule has 0 N–H and O–H groups in total. The van der Waals surface area contributed by atoms with Crippen LogP contribution in [0, 0.1) is 0 Å². The predicted octanol–water partition coefficient (Wildman–Crippen LogP) is 26.4. The van der Waals surface area contributed by atoms with Gasteiger partial charge in [0.15, 0.2) is 22.9 Å². The van der Waals surface area contributed by atoms with Crippen molar-refractivity contribution < 1.29 is 0 Å². The van der Waals surface area contributed by atoms with E-state index in [1.165, 1.54) is 116 Å². The van der Waals surface area contributed by atoms with Crippen molar-refractivity contribution in [2.24, 2.45) is 0 Å². The third-order valence-corrected chi connectivity index (χ3v) is 23.9. The van der Waals surface area contributed by atoms with Gasteiger partial charge in [0.1, 0.15) is 0 Å². The van der Waals surface area contributed by atoms with Crippen molar-refractivity contribution in [2.45, 2.75) is 0 Å².